The molecule has 3 heterocycles. The zero-order valence-electron chi connectivity index (χ0n) is 18.1. The van der Waals surface area contributed by atoms with Crippen molar-refractivity contribution in [3.8, 4) is 5.75 Å². The van der Waals surface area contributed by atoms with Crippen LogP contribution in [0.15, 0.2) is 29.1 Å². The van der Waals surface area contributed by atoms with Gasteiger partial charge >= 0.3 is 0 Å². The molecule has 2 saturated heterocycles. The molecule has 1 unspecified atom stereocenters. The number of carbonyl (C=O) groups excluding carboxylic acids is 1. The summed E-state index contributed by atoms with van der Waals surface area (Å²) in [6.07, 6.45) is 3.30. The minimum atomic E-state index is -1.09. The maximum Gasteiger partial charge on any atom is 0.296 e. The second-order valence-electron chi connectivity index (χ2n) is 8.06. The summed E-state index contributed by atoms with van der Waals surface area (Å²) in [6.45, 7) is 1.99. The predicted molar refractivity (Wildman–Crippen MR) is 121 cm³/mol. The van der Waals surface area contributed by atoms with Gasteiger partial charge in [0, 0.05) is 45.0 Å². The van der Waals surface area contributed by atoms with Gasteiger partial charge in [-0.15, -0.1) is 0 Å². The highest BCUT2D eigenvalue weighted by Gasteiger charge is 2.26. The van der Waals surface area contributed by atoms with Crippen LogP contribution in [0.25, 0.3) is 0 Å². The Balaban J connectivity index is 1.56. The van der Waals surface area contributed by atoms with Crippen molar-refractivity contribution < 1.29 is 18.8 Å². The molecule has 0 spiro atoms. The van der Waals surface area contributed by atoms with Crippen molar-refractivity contribution >= 4 is 22.6 Å². The van der Waals surface area contributed by atoms with Crippen molar-refractivity contribution in [2.45, 2.75) is 38.1 Å². The number of amides is 1. The van der Waals surface area contributed by atoms with Gasteiger partial charge in [0.05, 0.1) is 5.69 Å². The summed E-state index contributed by atoms with van der Waals surface area (Å²) in [6, 6.07) is 7.49. The molecule has 0 radical (unpaired) electrons. The number of ether oxygens (including phenoxy) is 1. The Morgan fingerprint density at radius 1 is 1.28 bits per heavy atom. The maximum absolute atomic E-state index is 12.9. The van der Waals surface area contributed by atoms with Crippen LogP contribution in [0.4, 0.5) is 5.69 Å². The SMILES string of the molecule is Cn1c(C2CCOCC2)nc(C(=O)NCc2ccccc2N2CCCCS2=O)c(O)c1=O. The number of carbonyl (C=O) groups is 1. The Morgan fingerprint density at radius 2 is 2.03 bits per heavy atom. The Morgan fingerprint density at radius 3 is 2.78 bits per heavy atom. The van der Waals surface area contributed by atoms with Crippen LogP contribution in [-0.4, -0.2) is 50.3 Å². The van der Waals surface area contributed by atoms with E-state index in [0.717, 1.165) is 24.1 Å². The quantitative estimate of drug-likeness (QED) is 0.700. The molecule has 1 atom stereocenters. The molecule has 2 aliphatic rings. The van der Waals surface area contributed by atoms with Gasteiger partial charge in [-0.05, 0) is 37.3 Å². The van der Waals surface area contributed by atoms with Gasteiger partial charge in [0.1, 0.15) is 16.8 Å². The van der Waals surface area contributed by atoms with Gasteiger partial charge in [0.25, 0.3) is 11.5 Å². The van der Waals surface area contributed by atoms with Crippen molar-refractivity contribution in [1.29, 1.82) is 0 Å². The van der Waals surface area contributed by atoms with Crippen molar-refractivity contribution in [3.05, 3.63) is 51.7 Å². The van der Waals surface area contributed by atoms with Crippen LogP contribution < -0.4 is 15.2 Å². The number of para-hydroxylation sites is 1. The van der Waals surface area contributed by atoms with Crippen LogP contribution in [0.5, 0.6) is 5.75 Å². The molecule has 10 heteroatoms. The van der Waals surface area contributed by atoms with Gasteiger partial charge in [0.2, 0.25) is 5.75 Å². The molecule has 2 aliphatic heterocycles. The first-order chi connectivity index (χ1) is 15.5. The second-order valence-corrected chi connectivity index (χ2v) is 9.56. The average Bonchev–Trinajstić information content (AvgIpc) is 2.82. The number of aromatic nitrogens is 2. The normalized spacial score (nSPS) is 19.7. The molecule has 32 heavy (non-hydrogen) atoms. The molecule has 4 rings (SSSR count). The van der Waals surface area contributed by atoms with E-state index in [1.54, 1.807) is 7.05 Å². The fourth-order valence-corrected chi connectivity index (χ4v) is 5.57. The first kappa shape index (κ1) is 22.5. The lowest BCUT2D eigenvalue weighted by molar-refractivity contribution is 0.0824. The lowest BCUT2D eigenvalue weighted by Gasteiger charge is -2.29. The smallest absolute Gasteiger partial charge is 0.296 e. The second kappa shape index (κ2) is 9.83. The van der Waals surface area contributed by atoms with Crippen molar-refractivity contribution in [2.75, 3.05) is 29.8 Å². The molecule has 1 amide bonds. The summed E-state index contributed by atoms with van der Waals surface area (Å²) in [7, 11) is 0.461. The molecule has 1 aromatic heterocycles. The number of nitrogens with zero attached hydrogens (tertiary/aromatic N) is 3. The van der Waals surface area contributed by atoms with E-state index in [1.165, 1.54) is 4.57 Å². The number of hydrogen-bond acceptors (Lipinski definition) is 6. The highest BCUT2D eigenvalue weighted by Crippen LogP contribution is 2.27. The highest BCUT2D eigenvalue weighted by molar-refractivity contribution is 7.86. The summed E-state index contributed by atoms with van der Waals surface area (Å²) >= 11 is 0. The Kier molecular flexibility index (Phi) is 6.90. The summed E-state index contributed by atoms with van der Waals surface area (Å²) in [5.41, 5.74) is 0.711. The molecule has 2 N–H and O–H groups in total. The van der Waals surface area contributed by atoms with Gasteiger partial charge in [0.15, 0.2) is 5.69 Å². The van der Waals surface area contributed by atoms with E-state index >= 15 is 0 Å². The van der Waals surface area contributed by atoms with E-state index in [1.807, 2.05) is 28.6 Å². The molecule has 0 saturated carbocycles. The fourth-order valence-electron chi connectivity index (χ4n) is 4.17. The lowest BCUT2D eigenvalue weighted by Crippen LogP contribution is -2.35. The molecule has 9 nitrogen and oxygen atoms in total. The third-order valence-electron chi connectivity index (χ3n) is 5.98. The molecule has 0 aliphatic carbocycles. The number of rotatable bonds is 5. The number of anilines is 1. The molecule has 2 fully saturated rings. The maximum atomic E-state index is 12.9. The van der Waals surface area contributed by atoms with Crippen molar-refractivity contribution in [1.82, 2.24) is 14.9 Å². The Labute approximate surface area is 189 Å². The summed E-state index contributed by atoms with van der Waals surface area (Å²) in [5.74, 6) is -0.191. The molecule has 2 aromatic rings. The molecule has 172 valence electrons. The standard InChI is InChI=1S/C22H28N4O5S/c1-25-20(15-8-11-31-12-9-15)24-18(19(27)22(25)29)21(28)23-14-16-6-2-3-7-17(16)26-10-4-5-13-32(26)30/h2-3,6-7,15,27H,4-5,8-14H2,1H3,(H,23,28). The van der Waals surface area contributed by atoms with Crippen molar-refractivity contribution in [3.63, 3.8) is 0 Å². The number of hydrogen-bond donors (Lipinski definition) is 2. The Bertz CT molecular complexity index is 1080. The summed E-state index contributed by atoms with van der Waals surface area (Å²) in [4.78, 5) is 29.8. The summed E-state index contributed by atoms with van der Waals surface area (Å²) < 4.78 is 21.0. The predicted octanol–water partition coefficient (Wildman–Crippen LogP) is 1.57. The third kappa shape index (κ3) is 4.56. The number of nitrogens with one attached hydrogen (secondary N) is 1. The van der Waals surface area contributed by atoms with Gasteiger partial charge < -0.3 is 15.2 Å². The fraction of sp³-hybridized carbons (Fsp3) is 0.500. The van der Waals surface area contributed by atoms with Gasteiger partial charge in [-0.1, -0.05) is 18.2 Å². The van der Waals surface area contributed by atoms with Crippen LogP contribution in [0.1, 0.15) is 53.5 Å². The number of benzene rings is 1. The zero-order chi connectivity index (χ0) is 22.7. The van der Waals surface area contributed by atoms with Gasteiger partial charge in [-0.3, -0.25) is 18.5 Å². The van der Waals surface area contributed by atoms with Crippen LogP contribution in [-0.2, 0) is 29.3 Å². The molecule has 0 bridgehead atoms. The largest absolute Gasteiger partial charge is 0.501 e. The van der Waals surface area contributed by atoms with E-state index in [9.17, 15) is 18.9 Å². The monoisotopic (exact) mass is 460 g/mol. The minimum absolute atomic E-state index is 0.0107. The van der Waals surface area contributed by atoms with E-state index in [2.05, 4.69) is 10.3 Å². The first-order valence-electron chi connectivity index (χ1n) is 10.9. The van der Waals surface area contributed by atoms with Gasteiger partial charge in [-0.25, -0.2) is 9.19 Å². The van der Waals surface area contributed by atoms with Crippen molar-refractivity contribution in [2.24, 2.45) is 7.05 Å². The van der Waals surface area contributed by atoms with E-state index in [4.69, 9.17) is 4.74 Å². The van der Waals surface area contributed by atoms with E-state index in [-0.39, 0.29) is 18.2 Å². The topological polar surface area (TPSA) is 114 Å². The molecular formula is C22H28N4O5S. The molecular weight excluding hydrogens is 432 g/mol. The molecule has 1 aromatic carbocycles. The lowest BCUT2D eigenvalue weighted by atomic mass is 9.99. The highest BCUT2D eigenvalue weighted by atomic mass is 32.2. The van der Waals surface area contributed by atoms with E-state index in [0.29, 0.717) is 44.2 Å². The van der Waals surface area contributed by atoms with E-state index < -0.39 is 28.2 Å². The van der Waals surface area contributed by atoms with Gasteiger partial charge in [-0.2, -0.15) is 0 Å². The average molecular weight is 461 g/mol. The number of aromatic hydroxyl groups is 1. The summed E-state index contributed by atoms with van der Waals surface area (Å²) in [5, 5.41) is 13.1. The Hall–Kier alpha value is -2.72. The van der Waals surface area contributed by atoms with Crippen LogP contribution in [0.2, 0.25) is 0 Å². The first-order valence-corrected chi connectivity index (χ1v) is 12.1. The van der Waals surface area contributed by atoms with Crippen LogP contribution in [0.3, 0.4) is 0 Å². The van der Waals surface area contributed by atoms with Crippen LogP contribution >= 0.6 is 0 Å². The third-order valence-corrected chi connectivity index (χ3v) is 7.49. The van der Waals surface area contributed by atoms with Crippen LogP contribution in [0, 0.1) is 0 Å². The zero-order valence-corrected chi connectivity index (χ0v) is 18.9. The minimum Gasteiger partial charge on any atom is -0.501 e.